The van der Waals surface area contributed by atoms with Crippen molar-refractivity contribution in [2.75, 3.05) is 0 Å². The van der Waals surface area contributed by atoms with Crippen LogP contribution in [0.3, 0.4) is 0 Å². The Bertz CT molecular complexity index is 370. The molecule has 0 aliphatic rings. The number of halogens is 1. The Morgan fingerprint density at radius 3 is 3.00 bits per heavy atom. The summed E-state index contributed by atoms with van der Waals surface area (Å²) in [6.45, 7) is 0. The summed E-state index contributed by atoms with van der Waals surface area (Å²) in [6.07, 6.45) is 1.06. The molecule has 4 nitrogen and oxygen atoms in total. The van der Waals surface area contributed by atoms with Gasteiger partial charge >= 0.3 is 0 Å². The molecular formula is C8H6ClN3O. The number of hydroxylamine groups is 1. The molecule has 5 heteroatoms. The van der Waals surface area contributed by atoms with Gasteiger partial charge in [0.1, 0.15) is 12.4 Å². The Kier molecular flexibility index (Phi) is 3.26. The molecule has 2 N–H and O–H groups in total. The summed E-state index contributed by atoms with van der Waals surface area (Å²) in [6, 6.07) is 6.82. The lowest BCUT2D eigenvalue weighted by molar-refractivity contribution is 0.240. The SMILES string of the molecule is N#Cc1c(Cl)cccc1N=CNO. The summed E-state index contributed by atoms with van der Waals surface area (Å²) < 4.78 is 0. The van der Waals surface area contributed by atoms with E-state index in [9.17, 15) is 0 Å². The normalized spacial score (nSPS) is 9.92. The van der Waals surface area contributed by atoms with Crippen LogP contribution in [0.15, 0.2) is 23.2 Å². The van der Waals surface area contributed by atoms with Crippen LogP contribution in [0, 0.1) is 11.3 Å². The molecule has 0 aromatic heterocycles. The molecule has 1 aromatic rings. The van der Waals surface area contributed by atoms with Gasteiger partial charge < -0.3 is 0 Å². The van der Waals surface area contributed by atoms with Crippen LogP contribution in [0.1, 0.15) is 5.56 Å². The van der Waals surface area contributed by atoms with E-state index in [4.69, 9.17) is 22.1 Å². The maximum atomic E-state index is 8.71. The van der Waals surface area contributed by atoms with Crippen molar-refractivity contribution >= 4 is 23.6 Å². The molecule has 1 rings (SSSR count). The molecule has 0 bridgehead atoms. The van der Waals surface area contributed by atoms with E-state index in [1.807, 2.05) is 6.07 Å². The van der Waals surface area contributed by atoms with Gasteiger partial charge in [-0.05, 0) is 12.1 Å². The molecule has 0 fully saturated rings. The highest BCUT2D eigenvalue weighted by atomic mass is 35.5. The molecule has 0 saturated heterocycles. The van der Waals surface area contributed by atoms with Gasteiger partial charge in [-0.15, -0.1) is 0 Å². The first-order valence-corrected chi connectivity index (χ1v) is 3.78. The van der Waals surface area contributed by atoms with Crippen molar-refractivity contribution in [1.82, 2.24) is 5.48 Å². The van der Waals surface area contributed by atoms with Gasteiger partial charge in [0.05, 0.1) is 16.3 Å². The maximum absolute atomic E-state index is 8.71. The third-order valence-electron chi connectivity index (χ3n) is 1.36. The van der Waals surface area contributed by atoms with Crippen molar-refractivity contribution in [3.05, 3.63) is 28.8 Å². The second-order valence-electron chi connectivity index (χ2n) is 2.13. The minimum absolute atomic E-state index is 0.288. The minimum atomic E-state index is 0.288. The van der Waals surface area contributed by atoms with Gasteiger partial charge in [-0.3, -0.25) is 10.7 Å². The first-order valence-electron chi connectivity index (χ1n) is 3.40. The monoisotopic (exact) mass is 195 g/mol. The molecule has 0 aliphatic heterocycles. The Balaban J connectivity index is 3.15. The van der Waals surface area contributed by atoms with Crippen molar-refractivity contribution in [2.24, 2.45) is 4.99 Å². The summed E-state index contributed by atoms with van der Waals surface area (Å²) in [4.78, 5) is 3.76. The van der Waals surface area contributed by atoms with Gasteiger partial charge in [0, 0.05) is 0 Å². The van der Waals surface area contributed by atoms with Crippen LogP contribution >= 0.6 is 11.6 Å². The molecule has 0 saturated carbocycles. The Hall–Kier alpha value is -1.57. The van der Waals surface area contributed by atoms with E-state index in [1.54, 1.807) is 23.7 Å². The van der Waals surface area contributed by atoms with E-state index in [2.05, 4.69) is 4.99 Å². The Morgan fingerprint density at radius 1 is 1.62 bits per heavy atom. The quantitative estimate of drug-likeness (QED) is 0.430. The summed E-state index contributed by atoms with van der Waals surface area (Å²) in [7, 11) is 0. The largest absolute Gasteiger partial charge is 0.290 e. The Morgan fingerprint density at radius 2 is 2.38 bits per heavy atom. The average Bonchev–Trinajstić information content (AvgIpc) is 2.15. The summed E-state index contributed by atoms with van der Waals surface area (Å²) in [5, 5.41) is 17.3. The van der Waals surface area contributed by atoms with Crippen LogP contribution in [-0.2, 0) is 0 Å². The van der Waals surface area contributed by atoms with E-state index in [1.165, 1.54) is 0 Å². The lowest BCUT2D eigenvalue weighted by Gasteiger charge is -1.98. The Labute approximate surface area is 80.1 Å². The number of nitriles is 1. The zero-order chi connectivity index (χ0) is 9.68. The molecule has 66 valence electrons. The predicted molar refractivity (Wildman–Crippen MR) is 49.2 cm³/mol. The zero-order valence-electron chi connectivity index (χ0n) is 6.53. The molecule has 0 atom stereocenters. The molecule has 0 spiro atoms. The van der Waals surface area contributed by atoms with Crippen LogP contribution in [0.2, 0.25) is 5.02 Å². The molecule has 0 radical (unpaired) electrons. The van der Waals surface area contributed by atoms with Gasteiger partial charge in [-0.1, -0.05) is 17.7 Å². The average molecular weight is 196 g/mol. The second kappa shape index (κ2) is 4.45. The lowest BCUT2D eigenvalue weighted by atomic mass is 10.2. The van der Waals surface area contributed by atoms with Gasteiger partial charge in [-0.25, -0.2) is 4.99 Å². The highest BCUT2D eigenvalue weighted by Crippen LogP contribution is 2.24. The third-order valence-corrected chi connectivity index (χ3v) is 1.68. The number of rotatable bonds is 2. The van der Waals surface area contributed by atoms with Crippen molar-refractivity contribution in [2.45, 2.75) is 0 Å². The standard InChI is InChI=1S/C8H6ClN3O/c9-7-2-1-3-8(6(7)4-10)11-5-12-13/h1-3,5,13H,(H,11,12). The molecule has 0 aliphatic carbocycles. The maximum Gasteiger partial charge on any atom is 0.113 e. The summed E-state index contributed by atoms with van der Waals surface area (Å²) in [5.41, 5.74) is 2.44. The van der Waals surface area contributed by atoms with E-state index in [-0.39, 0.29) is 5.56 Å². The number of aliphatic imine (C=N–C) groups is 1. The molecular weight excluding hydrogens is 190 g/mol. The van der Waals surface area contributed by atoms with Gasteiger partial charge in [-0.2, -0.15) is 5.26 Å². The first kappa shape index (κ1) is 9.52. The smallest absolute Gasteiger partial charge is 0.113 e. The van der Waals surface area contributed by atoms with Crippen LogP contribution in [-0.4, -0.2) is 11.5 Å². The van der Waals surface area contributed by atoms with Gasteiger partial charge in [0.15, 0.2) is 0 Å². The highest BCUT2D eigenvalue weighted by Gasteiger charge is 2.03. The van der Waals surface area contributed by atoms with Gasteiger partial charge in [0.2, 0.25) is 0 Å². The zero-order valence-corrected chi connectivity index (χ0v) is 7.28. The molecule has 13 heavy (non-hydrogen) atoms. The van der Waals surface area contributed by atoms with Crippen LogP contribution in [0.5, 0.6) is 0 Å². The van der Waals surface area contributed by atoms with E-state index in [0.717, 1.165) is 6.34 Å². The summed E-state index contributed by atoms with van der Waals surface area (Å²) in [5.74, 6) is 0. The van der Waals surface area contributed by atoms with Gasteiger partial charge in [0.25, 0.3) is 0 Å². The number of benzene rings is 1. The third kappa shape index (κ3) is 2.18. The number of hydrogen-bond acceptors (Lipinski definition) is 3. The predicted octanol–water partition coefficient (Wildman–Crippen LogP) is 1.85. The fourth-order valence-electron chi connectivity index (χ4n) is 0.829. The molecule has 0 unspecified atom stereocenters. The minimum Gasteiger partial charge on any atom is -0.290 e. The van der Waals surface area contributed by atoms with E-state index >= 15 is 0 Å². The lowest BCUT2D eigenvalue weighted by Crippen LogP contribution is -2.01. The van der Waals surface area contributed by atoms with Crippen molar-refractivity contribution in [1.29, 1.82) is 5.26 Å². The van der Waals surface area contributed by atoms with Crippen molar-refractivity contribution in [3.63, 3.8) is 0 Å². The number of nitrogens with zero attached hydrogens (tertiary/aromatic N) is 2. The number of nitrogens with one attached hydrogen (secondary N) is 1. The van der Waals surface area contributed by atoms with Crippen LogP contribution in [0.25, 0.3) is 0 Å². The topological polar surface area (TPSA) is 68.4 Å². The molecule has 1 aromatic carbocycles. The summed E-state index contributed by atoms with van der Waals surface area (Å²) >= 11 is 5.73. The van der Waals surface area contributed by atoms with E-state index in [0.29, 0.717) is 10.7 Å². The number of hydrogen-bond donors (Lipinski definition) is 2. The second-order valence-corrected chi connectivity index (χ2v) is 2.54. The molecule has 0 amide bonds. The fraction of sp³-hybridized carbons (Fsp3) is 0. The van der Waals surface area contributed by atoms with Crippen molar-refractivity contribution in [3.8, 4) is 6.07 Å². The fourth-order valence-corrected chi connectivity index (χ4v) is 1.04. The van der Waals surface area contributed by atoms with Crippen LogP contribution < -0.4 is 5.48 Å². The van der Waals surface area contributed by atoms with E-state index < -0.39 is 0 Å². The first-order chi connectivity index (χ1) is 6.29. The molecule has 0 heterocycles. The highest BCUT2D eigenvalue weighted by molar-refractivity contribution is 6.32. The van der Waals surface area contributed by atoms with Crippen LogP contribution in [0.4, 0.5) is 5.69 Å². The van der Waals surface area contributed by atoms with Crippen molar-refractivity contribution < 1.29 is 5.21 Å².